The van der Waals surface area contributed by atoms with Gasteiger partial charge < -0.3 is 0 Å². The molecule has 1 aromatic carbocycles. The topological polar surface area (TPSA) is 3.88 Å². The summed E-state index contributed by atoms with van der Waals surface area (Å²) in [7, 11) is 2.08. The van der Waals surface area contributed by atoms with Gasteiger partial charge in [0, 0.05) is 21.3 Å². The molecule has 116 valence electrons. The van der Waals surface area contributed by atoms with Crippen molar-refractivity contribution in [3.8, 4) is 11.3 Å². The zero-order valence-electron chi connectivity index (χ0n) is 16.7. The van der Waals surface area contributed by atoms with Gasteiger partial charge in [-0.2, -0.15) is 0 Å². The van der Waals surface area contributed by atoms with Gasteiger partial charge in [-0.25, -0.2) is 4.57 Å². The first-order valence-electron chi connectivity index (χ1n) is 9.94. The van der Waals surface area contributed by atoms with Gasteiger partial charge in [-0.1, -0.05) is 49.8 Å². The molecular formula is C21H28N+. The van der Waals surface area contributed by atoms with E-state index in [-0.39, 0.29) is 0 Å². The van der Waals surface area contributed by atoms with E-state index in [1.54, 1.807) is 12.1 Å². The van der Waals surface area contributed by atoms with E-state index in [9.17, 15) is 0 Å². The van der Waals surface area contributed by atoms with Crippen molar-refractivity contribution < 1.29 is 8.68 Å². The molecule has 0 spiro atoms. The van der Waals surface area contributed by atoms with E-state index in [1.807, 2.05) is 13.0 Å². The zero-order chi connectivity index (χ0) is 18.0. The Kier molecular flexibility index (Phi) is 3.59. The summed E-state index contributed by atoms with van der Waals surface area (Å²) in [4.78, 5) is 0. The Hall–Kier alpha value is -1.63. The predicted molar refractivity (Wildman–Crippen MR) is 92.8 cm³/mol. The van der Waals surface area contributed by atoms with Crippen molar-refractivity contribution in [3.63, 3.8) is 0 Å². The Morgan fingerprint density at radius 3 is 2.64 bits per heavy atom. The minimum absolute atomic E-state index is 0.408. The van der Waals surface area contributed by atoms with Crippen LogP contribution < -0.4 is 4.57 Å². The summed E-state index contributed by atoms with van der Waals surface area (Å²) in [5.74, 6) is 0.833. The van der Waals surface area contributed by atoms with E-state index >= 15 is 0 Å². The molecule has 0 aliphatic heterocycles. The molecule has 0 saturated heterocycles. The zero-order valence-corrected chi connectivity index (χ0v) is 13.7. The lowest BCUT2D eigenvalue weighted by molar-refractivity contribution is -0.660. The molecule has 1 aromatic heterocycles. The highest BCUT2D eigenvalue weighted by molar-refractivity contribution is 5.61. The van der Waals surface area contributed by atoms with Gasteiger partial charge in [-0.3, -0.25) is 0 Å². The Labute approximate surface area is 139 Å². The fourth-order valence-electron chi connectivity index (χ4n) is 3.74. The van der Waals surface area contributed by atoms with Crippen molar-refractivity contribution >= 4 is 0 Å². The summed E-state index contributed by atoms with van der Waals surface area (Å²) in [5.41, 5.74) is 5.03. The summed E-state index contributed by atoms with van der Waals surface area (Å²) in [6, 6.07) is 9.87. The fourth-order valence-corrected chi connectivity index (χ4v) is 3.74. The maximum absolute atomic E-state index is 7.57. The largest absolute Gasteiger partial charge is 0.212 e. The fraction of sp³-hybridized carbons (Fsp3) is 0.476. The quantitative estimate of drug-likeness (QED) is 0.708. The first-order chi connectivity index (χ1) is 11.8. The number of hydrogen-bond donors (Lipinski definition) is 0. The third-order valence-corrected chi connectivity index (χ3v) is 4.95. The molecule has 0 N–H and O–H groups in total. The SMILES string of the molecule is [2H]C([2H])([2H])c1ccc(-c2ccc(CC3CCCCC3)c[n+]2C)c(C)c1. The Morgan fingerprint density at radius 1 is 1.14 bits per heavy atom. The van der Waals surface area contributed by atoms with Gasteiger partial charge >= 0.3 is 0 Å². The van der Waals surface area contributed by atoms with Gasteiger partial charge in [0.25, 0.3) is 0 Å². The van der Waals surface area contributed by atoms with Crippen LogP contribution in [0.25, 0.3) is 11.3 Å². The average molecular weight is 297 g/mol. The number of hydrogen-bond acceptors (Lipinski definition) is 0. The first-order valence-corrected chi connectivity index (χ1v) is 8.44. The molecule has 1 nitrogen and oxygen atoms in total. The van der Waals surface area contributed by atoms with Crippen LogP contribution in [0.4, 0.5) is 0 Å². The van der Waals surface area contributed by atoms with E-state index in [0.717, 1.165) is 22.7 Å². The molecule has 2 aromatic rings. The number of aryl methyl sites for hydroxylation is 3. The van der Waals surface area contributed by atoms with Crippen molar-refractivity contribution in [1.82, 2.24) is 0 Å². The second-order valence-corrected chi connectivity index (χ2v) is 6.77. The monoisotopic (exact) mass is 297 g/mol. The molecule has 0 amide bonds. The maximum Gasteiger partial charge on any atom is 0.212 e. The lowest BCUT2D eigenvalue weighted by Gasteiger charge is -2.21. The number of pyridine rings is 1. The highest BCUT2D eigenvalue weighted by Crippen LogP contribution is 2.27. The molecule has 1 heteroatoms. The third-order valence-electron chi connectivity index (χ3n) is 4.95. The van der Waals surface area contributed by atoms with Gasteiger partial charge in [-0.05, 0) is 43.8 Å². The molecule has 22 heavy (non-hydrogen) atoms. The van der Waals surface area contributed by atoms with Crippen molar-refractivity contribution in [2.24, 2.45) is 13.0 Å². The normalized spacial score (nSPS) is 18.5. The van der Waals surface area contributed by atoms with Gasteiger partial charge in [-0.15, -0.1) is 0 Å². The van der Waals surface area contributed by atoms with E-state index < -0.39 is 6.85 Å². The molecule has 1 aliphatic rings. The summed E-state index contributed by atoms with van der Waals surface area (Å²) in [6.07, 6.45) is 10.3. The van der Waals surface area contributed by atoms with Crippen LogP contribution in [0.15, 0.2) is 36.5 Å². The van der Waals surface area contributed by atoms with Crippen LogP contribution in [0.2, 0.25) is 0 Å². The van der Waals surface area contributed by atoms with Gasteiger partial charge in [0.15, 0.2) is 6.20 Å². The summed E-state index contributed by atoms with van der Waals surface area (Å²) < 4.78 is 24.9. The van der Waals surface area contributed by atoms with Gasteiger partial charge in [0.2, 0.25) is 5.69 Å². The number of benzene rings is 1. The van der Waals surface area contributed by atoms with Crippen molar-refractivity contribution in [2.75, 3.05) is 0 Å². The summed E-state index contributed by atoms with van der Waals surface area (Å²) >= 11 is 0. The maximum atomic E-state index is 7.57. The van der Waals surface area contributed by atoms with Crippen LogP contribution in [0.5, 0.6) is 0 Å². The van der Waals surface area contributed by atoms with Crippen LogP contribution >= 0.6 is 0 Å². The Morgan fingerprint density at radius 2 is 1.95 bits per heavy atom. The van der Waals surface area contributed by atoms with E-state index in [0.29, 0.717) is 5.56 Å². The Bertz CT molecular complexity index is 743. The van der Waals surface area contributed by atoms with Crippen LogP contribution in [0, 0.1) is 19.7 Å². The van der Waals surface area contributed by atoms with E-state index in [1.165, 1.54) is 44.1 Å². The Balaban J connectivity index is 1.83. The van der Waals surface area contributed by atoms with Crippen LogP contribution in [0.1, 0.15) is 52.9 Å². The summed E-state index contributed by atoms with van der Waals surface area (Å²) in [6.45, 7) is -0.0597. The molecule has 1 saturated carbocycles. The highest BCUT2D eigenvalue weighted by atomic mass is 14.9. The standard InChI is InChI=1S/C21H28N/c1-16-9-11-20(17(2)13-16)21-12-10-19(15-22(21)3)14-18-7-5-4-6-8-18/h9-13,15,18H,4-8,14H2,1-3H3/q+1/i1D3. The van der Waals surface area contributed by atoms with Crippen LogP contribution in [-0.2, 0) is 13.5 Å². The minimum atomic E-state index is -2.05. The van der Waals surface area contributed by atoms with E-state index in [4.69, 9.17) is 4.11 Å². The lowest BCUT2D eigenvalue weighted by atomic mass is 9.85. The molecule has 0 atom stereocenters. The highest BCUT2D eigenvalue weighted by Gasteiger charge is 2.17. The number of nitrogens with zero attached hydrogens (tertiary/aromatic N) is 1. The minimum Gasteiger partial charge on any atom is -0.201 e. The van der Waals surface area contributed by atoms with Gasteiger partial charge in [0.1, 0.15) is 7.05 Å². The number of aromatic nitrogens is 1. The van der Waals surface area contributed by atoms with Crippen molar-refractivity contribution in [1.29, 1.82) is 0 Å². The molecule has 1 aliphatic carbocycles. The second kappa shape index (κ2) is 6.64. The molecule has 1 heterocycles. The summed E-state index contributed by atoms with van der Waals surface area (Å²) in [5, 5.41) is 0. The first kappa shape index (κ1) is 11.9. The molecule has 3 rings (SSSR count). The lowest BCUT2D eigenvalue weighted by Crippen LogP contribution is -2.31. The van der Waals surface area contributed by atoms with Crippen molar-refractivity contribution in [3.05, 3.63) is 53.2 Å². The number of rotatable bonds is 3. The molecular weight excluding hydrogens is 266 g/mol. The average Bonchev–Trinajstić information content (AvgIpc) is 2.56. The van der Waals surface area contributed by atoms with E-state index in [2.05, 4.69) is 29.9 Å². The van der Waals surface area contributed by atoms with Gasteiger partial charge in [0.05, 0.1) is 0 Å². The van der Waals surface area contributed by atoms with Crippen LogP contribution in [-0.4, -0.2) is 0 Å². The molecule has 0 bridgehead atoms. The molecule has 0 radical (unpaired) electrons. The second-order valence-electron chi connectivity index (χ2n) is 6.77. The van der Waals surface area contributed by atoms with Crippen LogP contribution in [0.3, 0.4) is 0 Å². The smallest absolute Gasteiger partial charge is 0.201 e. The molecule has 0 unspecified atom stereocenters. The predicted octanol–water partition coefficient (Wildman–Crippen LogP) is 4.92. The third kappa shape index (κ3) is 3.40. The van der Waals surface area contributed by atoms with Crippen molar-refractivity contribution in [2.45, 2.75) is 52.3 Å². The molecule has 1 fully saturated rings.